The molecule has 4 rings (SSSR count). The number of aromatic amines is 1. The van der Waals surface area contributed by atoms with Crippen LogP contribution in [0.1, 0.15) is 18.7 Å². The van der Waals surface area contributed by atoms with Gasteiger partial charge in [0.05, 0.1) is 0 Å². The zero-order valence-corrected chi connectivity index (χ0v) is 14.9. The number of carbonyl (C=O) groups is 1. The van der Waals surface area contributed by atoms with Gasteiger partial charge in [0.15, 0.2) is 5.82 Å². The van der Waals surface area contributed by atoms with Gasteiger partial charge < -0.3 is 4.42 Å². The maximum Gasteiger partial charge on any atom is 0.249 e. The molecule has 28 heavy (non-hydrogen) atoms. The molecule has 9 nitrogen and oxygen atoms in total. The number of hydrogen-bond acceptors (Lipinski definition) is 7. The molecule has 1 amide bonds. The summed E-state index contributed by atoms with van der Waals surface area (Å²) < 4.78 is 5.63. The van der Waals surface area contributed by atoms with Gasteiger partial charge in [0, 0.05) is 24.6 Å². The van der Waals surface area contributed by atoms with Crippen molar-refractivity contribution in [1.29, 1.82) is 0 Å². The van der Waals surface area contributed by atoms with Gasteiger partial charge >= 0.3 is 0 Å². The number of carbonyl (C=O) groups excluding carboxylic acids is 1. The van der Waals surface area contributed by atoms with E-state index >= 15 is 0 Å². The van der Waals surface area contributed by atoms with E-state index in [2.05, 4.69) is 35.7 Å². The van der Waals surface area contributed by atoms with Crippen LogP contribution in [-0.4, -0.2) is 36.3 Å². The van der Waals surface area contributed by atoms with Gasteiger partial charge in [-0.25, -0.2) is 0 Å². The van der Waals surface area contributed by atoms with Crippen molar-refractivity contribution in [3.05, 3.63) is 60.6 Å². The third-order valence-corrected chi connectivity index (χ3v) is 3.93. The number of benzene rings is 1. The first-order valence-corrected chi connectivity index (χ1v) is 8.79. The molecule has 0 aliphatic carbocycles. The molecule has 9 heteroatoms. The molecule has 0 radical (unpaired) electrons. The number of anilines is 1. The van der Waals surface area contributed by atoms with Crippen molar-refractivity contribution < 1.29 is 9.21 Å². The van der Waals surface area contributed by atoms with Crippen LogP contribution < -0.4 is 5.32 Å². The third kappa shape index (κ3) is 4.26. The van der Waals surface area contributed by atoms with E-state index in [1.165, 1.54) is 0 Å². The van der Waals surface area contributed by atoms with Crippen molar-refractivity contribution >= 4 is 11.9 Å². The molecule has 0 spiro atoms. The Labute approximate surface area is 160 Å². The molecule has 0 aliphatic heterocycles. The van der Waals surface area contributed by atoms with Gasteiger partial charge in [0.1, 0.15) is 5.69 Å². The van der Waals surface area contributed by atoms with Gasteiger partial charge in [0.25, 0.3) is 0 Å². The van der Waals surface area contributed by atoms with Crippen LogP contribution in [0.4, 0.5) is 5.95 Å². The second kappa shape index (κ2) is 8.21. The largest absolute Gasteiger partial charge is 0.421 e. The molecule has 0 saturated carbocycles. The van der Waals surface area contributed by atoms with Gasteiger partial charge in [-0.3, -0.25) is 20.2 Å². The summed E-state index contributed by atoms with van der Waals surface area (Å²) in [5, 5.41) is 17.5. The highest BCUT2D eigenvalue weighted by molar-refractivity contribution is 5.89. The molecule has 3 aromatic heterocycles. The highest BCUT2D eigenvalue weighted by Crippen LogP contribution is 2.18. The van der Waals surface area contributed by atoms with E-state index in [1.54, 1.807) is 12.3 Å². The number of aryl methyl sites for hydroxylation is 1. The summed E-state index contributed by atoms with van der Waals surface area (Å²) in [6, 6.07) is 15.0. The maximum absolute atomic E-state index is 12.1. The fourth-order valence-corrected chi connectivity index (χ4v) is 2.57. The molecular weight excluding hydrogens is 358 g/mol. The lowest BCUT2D eigenvalue weighted by atomic mass is 10.2. The molecule has 0 saturated heterocycles. The Balaban J connectivity index is 1.26. The summed E-state index contributed by atoms with van der Waals surface area (Å²) in [4.78, 5) is 20.5. The Morgan fingerprint density at radius 1 is 1.07 bits per heavy atom. The number of pyridine rings is 1. The van der Waals surface area contributed by atoms with Crippen LogP contribution in [0.3, 0.4) is 0 Å². The minimum absolute atomic E-state index is 0.186. The molecule has 0 aliphatic rings. The highest BCUT2D eigenvalue weighted by atomic mass is 16.4. The van der Waals surface area contributed by atoms with Gasteiger partial charge in [0.2, 0.25) is 23.6 Å². The summed E-state index contributed by atoms with van der Waals surface area (Å²) in [5.41, 5.74) is 1.52. The van der Waals surface area contributed by atoms with E-state index in [0.717, 1.165) is 5.56 Å². The maximum atomic E-state index is 12.1. The van der Waals surface area contributed by atoms with Crippen LogP contribution in [0.2, 0.25) is 0 Å². The van der Waals surface area contributed by atoms with Crippen LogP contribution in [0, 0.1) is 0 Å². The number of aromatic nitrogens is 6. The molecule has 1 aromatic carbocycles. The lowest BCUT2D eigenvalue weighted by molar-refractivity contribution is -0.116. The molecule has 0 bridgehead atoms. The number of nitrogens with zero attached hydrogens (tertiary/aromatic N) is 5. The number of H-pyrrole nitrogens is 1. The number of hydrogen-bond donors (Lipinski definition) is 2. The molecule has 0 fully saturated rings. The molecule has 0 unspecified atom stereocenters. The Kier molecular flexibility index (Phi) is 5.14. The summed E-state index contributed by atoms with van der Waals surface area (Å²) >= 11 is 0. The van der Waals surface area contributed by atoms with Crippen molar-refractivity contribution in [2.45, 2.75) is 19.3 Å². The van der Waals surface area contributed by atoms with Crippen LogP contribution in [0.5, 0.6) is 0 Å². The van der Waals surface area contributed by atoms with E-state index in [-0.39, 0.29) is 18.3 Å². The van der Waals surface area contributed by atoms with Crippen molar-refractivity contribution in [2.24, 2.45) is 0 Å². The van der Waals surface area contributed by atoms with Crippen LogP contribution in [0.25, 0.3) is 23.0 Å². The van der Waals surface area contributed by atoms with E-state index in [1.807, 2.05) is 42.5 Å². The third-order valence-electron chi connectivity index (χ3n) is 3.93. The molecular formula is C19H17N7O2. The minimum atomic E-state index is -0.186. The Hall–Kier alpha value is -3.88. The van der Waals surface area contributed by atoms with Crippen LogP contribution in [-0.2, 0) is 11.2 Å². The summed E-state index contributed by atoms with van der Waals surface area (Å²) in [6.45, 7) is 0. The summed E-state index contributed by atoms with van der Waals surface area (Å²) in [6.07, 6.45) is 3.04. The SMILES string of the molecule is O=C(CCCc1nnc(-c2ccccc2)o1)Nc1n[nH]c(-c2ccccn2)n1. The minimum Gasteiger partial charge on any atom is -0.421 e. The van der Waals surface area contributed by atoms with Crippen molar-refractivity contribution in [3.8, 4) is 23.0 Å². The van der Waals surface area contributed by atoms with Crippen LogP contribution >= 0.6 is 0 Å². The first kappa shape index (κ1) is 17.5. The van der Waals surface area contributed by atoms with E-state index in [4.69, 9.17) is 4.42 Å². The van der Waals surface area contributed by atoms with Gasteiger partial charge in [-0.1, -0.05) is 24.3 Å². The fraction of sp³-hybridized carbons (Fsp3) is 0.158. The number of rotatable bonds is 7. The second-order valence-corrected chi connectivity index (χ2v) is 5.99. The Bertz CT molecular complexity index is 1040. The Morgan fingerprint density at radius 3 is 2.75 bits per heavy atom. The molecule has 4 aromatic rings. The second-order valence-electron chi connectivity index (χ2n) is 5.99. The number of nitrogens with one attached hydrogen (secondary N) is 2. The van der Waals surface area contributed by atoms with Crippen LogP contribution in [0.15, 0.2) is 59.1 Å². The molecule has 140 valence electrons. The van der Waals surface area contributed by atoms with Crippen molar-refractivity contribution in [2.75, 3.05) is 5.32 Å². The monoisotopic (exact) mass is 375 g/mol. The topological polar surface area (TPSA) is 122 Å². The lowest BCUT2D eigenvalue weighted by Gasteiger charge is -1.99. The first-order chi connectivity index (χ1) is 13.8. The zero-order valence-electron chi connectivity index (χ0n) is 14.9. The summed E-state index contributed by atoms with van der Waals surface area (Å²) in [5.74, 6) is 1.50. The molecule has 3 heterocycles. The van der Waals surface area contributed by atoms with E-state index in [0.29, 0.717) is 36.1 Å². The predicted molar refractivity (Wildman–Crippen MR) is 101 cm³/mol. The Morgan fingerprint density at radius 2 is 1.93 bits per heavy atom. The zero-order chi connectivity index (χ0) is 19.2. The smallest absolute Gasteiger partial charge is 0.249 e. The first-order valence-electron chi connectivity index (χ1n) is 8.79. The number of amides is 1. The van der Waals surface area contributed by atoms with Crippen molar-refractivity contribution in [3.63, 3.8) is 0 Å². The standard InChI is InChI=1S/C19H17N7O2/c27-15(21-19-22-17(24-26-19)14-9-4-5-12-20-14)10-6-11-16-23-25-18(28-16)13-7-2-1-3-8-13/h1-5,7-9,12H,6,10-11H2,(H2,21,22,24,26,27). The lowest BCUT2D eigenvalue weighted by Crippen LogP contribution is -2.12. The van der Waals surface area contributed by atoms with Gasteiger partial charge in [-0.2, -0.15) is 4.98 Å². The molecule has 2 N–H and O–H groups in total. The average Bonchev–Trinajstić information content (AvgIpc) is 3.39. The van der Waals surface area contributed by atoms with E-state index in [9.17, 15) is 4.79 Å². The summed E-state index contributed by atoms with van der Waals surface area (Å²) in [7, 11) is 0. The normalized spacial score (nSPS) is 10.7. The average molecular weight is 375 g/mol. The molecule has 0 atom stereocenters. The quantitative estimate of drug-likeness (QED) is 0.509. The van der Waals surface area contributed by atoms with E-state index < -0.39 is 0 Å². The predicted octanol–water partition coefficient (Wildman–Crippen LogP) is 2.88. The van der Waals surface area contributed by atoms with Gasteiger partial charge in [-0.15, -0.1) is 15.3 Å². The highest BCUT2D eigenvalue weighted by Gasteiger charge is 2.11. The van der Waals surface area contributed by atoms with Gasteiger partial charge in [-0.05, 0) is 30.7 Å². The fourth-order valence-electron chi connectivity index (χ4n) is 2.57. The van der Waals surface area contributed by atoms with Crippen molar-refractivity contribution in [1.82, 2.24) is 30.4 Å².